The highest BCUT2D eigenvalue weighted by Gasteiger charge is 2.17. The van der Waals surface area contributed by atoms with Gasteiger partial charge in [0.15, 0.2) is 5.78 Å². The van der Waals surface area contributed by atoms with Gasteiger partial charge in [-0.05, 0) is 6.92 Å². The second-order valence-corrected chi connectivity index (χ2v) is 4.21. The number of hydrogen-bond acceptors (Lipinski definition) is 3. The molecule has 0 radical (unpaired) electrons. The zero-order valence-corrected chi connectivity index (χ0v) is 11.2. The monoisotopic (exact) mass is 265 g/mol. The highest BCUT2D eigenvalue weighted by molar-refractivity contribution is 6.09. The van der Waals surface area contributed by atoms with Crippen molar-refractivity contribution in [1.82, 2.24) is 4.57 Å². The van der Waals surface area contributed by atoms with Crippen LogP contribution in [-0.2, 0) is 6.54 Å². The van der Waals surface area contributed by atoms with Crippen molar-refractivity contribution in [2.45, 2.75) is 13.5 Å². The van der Waals surface area contributed by atoms with E-state index in [2.05, 4.69) is 0 Å². The molecule has 0 spiro atoms. The van der Waals surface area contributed by atoms with E-state index in [0.29, 0.717) is 22.4 Å². The molecule has 0 amide bonds. The van der Waals surface area contributed by atoms with Gasteiger partial charge in [-0.15, -0.1) is 0 Å². The van der Waals surface area contributed by atoms with Crippen LogP contribution in [0, 0.1) is 0 Å². The van der Waals surface area contributed by atoms with E-state index in [1.54, 1.807) is 30.0 Å². The number of nitrogens with zero attached hydrogens (tertiary/aromatic N) is 1. The Morgan fingerprint density at radius 2 is 2.05 bits per heavy atom. The Hall–Kier alpha value is -2.04. The van der Waals surface area contributed by atoms with Crippen molar-refractivity contribution in [3.05, 3.63) is 23.9 Å². The molecule has 0 bridgehead atoms. The van der Waals surface area contributed by atoms with Crippen molar-refractivity contribution < 1.29 is 18.7 Å². The average Bonchev–Trinajstić information content (AvgIpc) is 2.77. The summed E-state index contributed by atoms with van der Waals surface area (Å²) in [6.07, 6.45) is 1.66. The Labute approximate surface area is 110 Å². The van der Waals surface area contributed by atoms with Crippen molar-refractivity contribution in [3.63, 3.8) is 0 Å². The second-order valence-electron chi connectivity index (χ2n) is 4.21. The molecule has 19 heavy (non-hydrogen) atoms. The van der Waals surface area contributed by atoms with Crippen LogP contribution in [-0.4, -0.2) is 31.2 Å². The van der Waals surface area contributed by atoms with Crippen molar-refractivity contribution in [3.8, 4) is 11.5 Å². The molecule has 4 nitrogen and oxygen atoms in total. The number of carbonyl (C=O) groups is 1. The second kappa shape index (κ2) is 5.30. The number of Topliss-reactive ketones (excluding diaryl/α,β-unsaturated/α-hetero) is 1. The van der Waals surface area contributed by atoms with Crippen molar-refractivity contribution in [2.24, 2.45) is 0 Å². The normalized spacial score (nSPS) is 10.7. The molecular formula is C14H16FNO3. The molecule has 2 aromatic rings. The summed E-state index contributed by atoms with van der Waals surface area (Å²) < 4.78 is 24.8. The van der Waals surface area contributed by atoms with Gasteiger partial charge in [-0.2, -0.15) is 0 Å². The molecule has 0 fully saturated rings. The Kier molecular flexibility index (Phi) is 3.74. The Balaban J connectivity index is 2.80. The fourth-order valence-corrected chi connectivity index (χ4v) is 2.19. The first-order chi connectivity index (χ1) is 9.12. The predicted octanol–water partition coefficient (Wildman–Crippen LogP) is 2.83. The number of carbonyl (C=O) groups excluding carboxylic acids is 1. The third-order valence-electron chi connectivity index (χ3n) is 3.08. The molecule has 0 saturated carbocycles. The van der Waals surface area contributed by atoms with E-state index in [1.165, 1.54) is 14.0 Å². The van der Waals surface area contributed by atoms with Crippen LogP contribution in [0.3, 0.4) is 0 Å². The minimum Gasteiger partial charge on any atom is -0.497 e. The standard InChI is InChI=1S/C14H16FNO3/c1-9(17)11-8-16(5-4-15)12-6-10(18-2)7-13(19-3)14(11)12/h6-8H,4-5H2,1-3H3. The number of benzene rings is 1. The number of fused-ring (bicyclic) bond motifs is 1. The molecule has 2 rings (SSSR count). The van der Waals surface area contributed by atoms with Gasteiger partial charge in [-0.25, -0.2) is 4.39 Å². The fraction of sp³-hybridized carbons (Fsp3) is 0.357. The van der Waals surface area contributed by atoms with Crippen LogP contribution in [0.15, 0.2) is 18.3 Å². The summed E-state index contributed by atoms with van der Waals surface area (Å²) >= 11 is 0. The summed E-state index contributed by atoms with van der Waals surface area (Å²) in [5.74, 6) is 1.08. The maximum absolute atomic E-state index is 12.6. The molecule has 0 aliphatic heterocycles. The van der Waals surface area contributed by atoms with E-state index in [9.17, 15) is 9.18 Å². The summed E-state index contributed by atoms with van der Waals surface area (Å²) in [5, 5.41) is 0.698. The number of aromatic nitrogens is 1. The maximum Gasteiger partial charge on any atom is 0.162 e. The number of hydrogen-bond donors (Lipinski definition) is 0. The van der Waals surface area contributed by atoms with Gasteiger partial charge >= 0.3 is 0 Å². The van der Waals surface area contributed by atoms with Gasteiger partial charge in [0, 0.05) is 23.9 Å². The first kappa shape index (κ1) is 13.4. The number of halogens is 1. The molecule has 0 saturated heterocycles. The highest BCUT2D eigenvalue weighted by Crippen LogP contribution is 2.35. The number of methoxy groups -OCH3 is 2. The van der Waals surface area contributed by atoms with Crippen LogP contribution in [0.2, 0.25) is 0 Å². The van der Waals surface area contributed by atoms with Crippen LogP contribution in [0.25, 0.3) is 10.9 Å². The lowest BCUT2D eigenvalue weighted by atomic mass is 10.1. The zero-order valence-electron chi connectivity index (χ0n) is 11.2. The lowest BCUT2D eigenvalue weighted by Gasteiger charge is -2.08. The Morgan fingerprint density at radius 1 is 1.32 bits per heavy atom. The van der Waals surface area contributed by atoms with Gasteiger partial charge in [0.2, 0.25) is 0 Å². The van der Waals surface area contributed by atoms with Gasteiger partial charge in [0.1, 0.15) is 18.2 Å². The van der Waals surface area contributed by atoms with Crippen LogP contribution in [0.1, 0.15) is 17.3 Å². The molecule has 5 heteroatoms. The van der Waals surface area contributed by atoms with Gasteiger partial charge in [-0.1, -0.05) is 0 Å². The van der Waals surface area contributed by atoms with Gasteiger partial charge in [0.05, 0.1) is 31.7 Å². The molecule has 0 atom stereocenters. The summed E-state index contributed by atoms with van der Waals surface area (Å²) in [6, 6.07) is 3.49. The molecule has 1 aromatic carbocycles. The summed E-state index contributed by atoms with van der Waals surface area (Å²) in [6.45, 7) is 1.18. The molecule has 0 unspecified atom stereocenters. The lowest BCUT2D eigenvalue weighted by molar-refractivity contribution is 0.101. The topological polar surface area (TPSA) is 40.5 Å². The van der Waals surface area contributed by atoms with E-state index in [4.69, 9.17) is 9.47 Å². The third kappa shape index (κ3) is 2.28. The van der Waals surface area contributed by atoms with Crippen LogP contribution < -0.4 is 9.47 Å². The zero-order chi connectivity index (χ0) is 14.0. The quantitative estimate of drug-likeness (QED) is 0.780. The number of alkyl halides is 1. The van der Waals surface area contributed by atoms with Crippen LogP contribution in [0.5, 0.6) is 11.5 Å². The van der Waals surface area contributed by atoms with Crippen molar-refractivity contribution in [1.29, 1.82) is 0 Å². The number of ether oxygens (including phenoxy) is 2. The smallest absolute Gasteiger partial charge is 0.162 e. The molecule has 0 aliphatic carbocycles. The first-order valence-corrected chi connectivity index (χ1v) is 5.94. The van der Waals surface area contributed by atoms with Crippen molar-refractivity contribution in [2.75, 3.05) is 20.9 Å². The van der Waals surface area contributed by atoms with E-state index in [1.807, 2.05) is 0 Å². The lowest BCUT2D eigenvalue weighted by Crippen LogP contribution is -1.98. The first-order valence-electron chi connectivity index (χ1n) is 5.94. The SMILES string of the molecule is COc1cc(OC)c2c(C(C)=O)cn(CCF)c2c1. The fourth-order valence-electron chi connectivity index (χ4n) is 2.19. The summed E-state index contributed by atoms with van der Waals surface area (Å²) in [7, 11) is 3.08. The van der Waals surface area contributed by atoms with Gasteiger partial charge < -0.3 is 14.0 Å². The number of ketones is 1. The molecule has 102 valence electrons. The maximum atomic E-state index is 12.6. The molecule has 0 aliphatic rings. The van der Waals surface area contributed by atoms with Crippen LogP contribution >= 0.6 is 0 Å². The highest BCUT2D eigenvalue weighted by atomic mass is 19.1. The van der Waals surface area contributed by atoms with E-state index >= 15 is 0 Å². The molecule has 1 heterocycles. The predicted molar refractivity (Wildman–Crippen MR) is 71.0 cm³/mol. The minimum atomic E-state index is -0.499. The largest absolute Gasteiger partial charge is 0.497 e. The van der Waals surface area contributed by atoms with Gasteiger partial charge in [0.25, 0.3) is 0 Å². The molecular weight excluding hydrogens is 249 g/mol. The number of rotatable bonds is 5. The minimum absolute atomic E-state index is 0.0777. The Morgan fingerprint density at radius 3 is 2.58 bits per heavy atom. The van der Waals surface area contributed by atoms with E-state index in [0.717, 1.165) is 5.52 Å². The molecule has 0 N–H and O–H groups in total. The average molecular weight is 265 g/mol. The van der Waals surface area contributed by atoms with Crippen LogP contribution in [0.4, 0.5) is 4.39 Å². The van der Waals surface area contributed by atoms with E-state index in [-0.39, 0.29) is 12.3 Å². The summed E-state index contributed by atoms with van der Waals surface area (Å²) in [4.78, 5) is 11.7. The summed E-state index contributed by atoms with van der Waals surface area (Å²) in [5.41, 5.74) is 1.27. The Bertz CT molecular complexity index is 619. The van der Waals surface area contributed by atoms with Gasteiger partial charge in [-0.3, -0.25) is 4.79 Å². The van der Waals surface area contributed by atoms with Crippen molar-refractivity contribution >= 4 is 16.7 Å². The van der Waals surface area contributed by atoms with E-state index < -0.39 is 6.67 Å². The third-order valence-corrected chi connectivity index (χ3v) is 3.08. The number of aryl methyl sites for hydroxylation is 1. The molecule has 1 aromatic heterocycles.